The van der Waals surface area contributed by atoms with Gasteiger partial charge in [-0.3, -0.25) is 4.79 Å². The Morgan fingerprint density at radius 3 is 3.09 bits per heavy atom. The number of fused-ring (bicyclic) bond motifs is 1. The van der Waals surface area contributed by atoms with Gasteiger partial charge in [-0.25, -0.2) is 4.39 Å². The largest absolute Gasteiger partial charge is 0.353 e. The standard InChI is InChI=1S/C7H11FN2O/c8-7-1-2-9-3-5(7)4-10-6(7)11/h5,9H,1-4H2,(H,10,11)/t5-,7-/m1/s1. The molecule has 2 saturated heterocycles. The second-order valence-corrected chi connectivity index (χ2v) is 3.22. The highest BCUT2D eigenvalue weighted by Gasteiger charge is 2.51. The molecule has 3 nitrogen and oxygen atoms in total. The van der Waals surface area contributed by atoms with Crippen LogP contribution in [0.2, 0.25) is 0 Å². The molecule has 2 N–H and O–H groups in total. The van der Waals surface area contributed by atoms with E-state index >= 15 is 0 Å². The van der Waals surface area contributed by atoms with Crippen LogP contribution in [0.5, 0.6) is 0 Å². The predicted molar refractivity (Wildman–Crippen MR) is 37.8 cm³/mol. The van der Waals surface area contributed by atoms with Crippen LogP contribution in [-0.2, 0) is 4.79 Å². The monoisotopic (exact) mass is 158 g/mol. The summed E-state index contributed by atoms with van der Waals surface area (Å²) >= 11 is 0. The highest BCUT2D eigenvalue weighted by atomic mass is 19.1. The van der Waals surface area contributed by atoms with Crippen LogP contribution in [0.1, 0.15) is 6.42 Å². The molecule has 0 spiro atoms. The molecule has 2 atom stereocenters. The van der Waals surface area contributed by atoms with Crippen LogP contribution < -0.4 is 10.6 Å². The second-order valence-electron chi connectivity index (χ2n) is 3.22. The van der Waals surface area contributed by atoms with E-state index in [0.29, 0.717) is 26.1 Å². The molecule has 1 amide bonds. The maximum Gasteiger partial charge on any atom is 0.258 e. The van der Waals surface area contributed by atoms with E-state index in [0.717, 1.165) is 0 Å². The molecular weight excluding hydrogens is 147 g/mol. The molecule has 0 aromatic carbocycles. The van der Waals surface area contributed by atoms with Gasteiger partial charge < -0.3 is 10.6 Å². The zero-order valence-electron chi connectivity index (χ0n) is 6.19. The molecule has 2 heterocycles. The molecule has 4 heteroatoms. The predicted octanol–water partition coefficient (Wildman–Crippen LogP) is -0.566. The molecule has 2 aliphatic heterocycles. The number of hydrogen-bond donors (Lipinski definition) is 2. The lowest BCUT2D eigenvalue weighted by Gasteiger charge is -2.29. The average molecular weight is 158 g/mol. The van der Waals surface area contributed by atoms with Crippen molar-refractivity contribution < 1.29 is 9.18 Å². The fraction of sp³-hybridized carbons (Fsp3) is 0.857. The summed E-state index contributed by atoms with van der Waals surface area (Å²) in [5, 5.41) is 5.62. The molecule has 11 heavy (non-hydrogen) atoms. The number of carbonyl (C=O) groups is 1. The van der Waals surface area contributed by atoms with Crippen LogP contribution in [0, 0.1) is 5.92 Å². The molecule has 0 radical (unpaired) electrons. The molecule has 62 valence electrons. The van der Waals surface area contributed by atoms with Gasteiger partial charge in [0.15, 0.2) is 5.67 Å². The SMILES string of the molecule is O=C1NC[C@H]2CNCC[C@]12F. The van der Waals surface area contributed by atoms with Crippen LogP contribution in [0.4, 0.5) is 4.39 Å². The molecule has 2 fully saturated rings. The van der Waals surface area contributed by atoms with Crippen LogP contribution in [0.15, 0.2) is 0 Å². The van der Waals surface area contributed by atoms with Gasteiger partial charge in [0, 0.05) is 25.4 Å². The molecule has 0 bridgehead atoms. The minimum atomic E-state index is -1.56. The summed E-state index contributed by atoms with van der Waals surface area (Å²) in [5.41, 5.74) is -1.56. The normalized spacial score (nSPS) is 43.4. The Bertz CT molecular complexity index is 197. The third kappa shape index (κ3) is 0.854. The zero-order chi connectivity index (χ0) is 7.90. The van der Waals surface area contributed by atoms with Crippen molar-refractivity contribution in [3.05, 3.63) is 0 Å². The van der Waals surface area contributed by atoms with Crippen LogP contribution in [0.3, 0.4) is 0 Å². The first-order valence-electron chi connectivity index (χ1n) is 3.91. The van der Waals surface area contributed by atoms with Crippen molar-refractivity contribution >= 4 is 5.91 Å². The first kappa shape index (κ1) is 7.03. The third-order valence-electron chi connectivity index (χ3n) is 2.59. The summed E-state index contributed by atoms with van der Waals surface area (Å²) in [6.07, 6.45) is 0.323. The van der Waals surface area contributed by atoms with E-state index in [1.807, 2.05) is 0 Å². The Morgan fingerprint density at radius 1 is 1.55 bits per heavy atom. The number of rotatable bonds is 0. The quantitative estimate of drug-likeness (QED) is 0.496. The van der Waals surface area contributed by atoms with E-state index in [1.165, 1.54) is 0 Å². The Balaban J connectivity index is 2.23. The number of hydrogen-bond acceptors (Lipinski definition) is 2. The maximum atomic E-state index is 13.7. The Labute approximate surface area is 64.3 Å². The van der Waals surface area contributed by atoms with Gasteiger partial charge in [-0.2, -0.15) is 0 Å². The fourth-order valence-corrected chi connectivity index (χ4v) is 1.81. The summed E-state index contributed by atoms with van der Waals surface area (Å²) in [4.78, 5) is 11.0. The number of halogens is 1. The highest BCUT2D eigenvalue weighted by molar-refractivity contribution is 5.88. The molecule has 0 aromatic rings. The van der Waals surface area contributed by atoms with Crippen molar-refractivity contribution in [3.63, 3.8) is 0 Å². The molecule has 2 aliphatic rings. The molecule has 0 aromatic heterocycles. The van der Waals surface area contributed by atoms with Gasteiger partial charge in [0.1, 0.15) is 0 Å². The molecule has 0 aliphatic carbocycles. The first-order valence-corrected chi connectivity index (χ1v) is 3.91. The van der Waals surface area contributed by atoms with Gasteiger partial charge in [-0.1, -0.05) is 0 Å². The zero-order valence-corrected chi connectivity index (χ0v) is 6.19. The van der Waals surface area contributed by atoms with E-state index < -0.39 is 11.6 Å². The van der Waals surface area contributed by atoms with E-state index in [1.54, 1.807) is 0 Å². The smallest absolute Gasteiger partial charge is 0.258 e. The van der Waals surface area contributed by atoms with Crippen molar-refractivity contribution in [2.75, 3.05) is 19.6 Å². The lowest BCUT2D eigenvalue weighted by molar-refractivity contribution is -0.131. The molecular formula is C7H11FN2O. The lowest BCUT2D eigenvalue weighted by atomic mass is 9.86. The number of alkyl halides is 1. The van der Waals surface area contributed by atoms with E-state index in [-0.39, 0.29) is 5.92 Å². The molecule has 0 unspecified atom stereocenters. The average Bonchev–Trinajstić information content (AvgIpc) is 2.29. The van der Waals surface area contributed by atoms with Gasteiger partial charge in [-0.05, 0) is 6.54 Å². The lowest BCUT2D eigenvalue weighted by Crippen LogP contribution is -2.48. The summed E-state index contributed by atoms with van der Waals surface area (Å²) in [7, 11) is 0. The van der Waals surface area contributed by atoms with E-state index in [9.17, 15) is 9.18 Å². The number of piperidine rings is 1. The minimum Gasteiger partial charge on any atom is -0.353 e. The molecule has 2 rings (SSSR count). The van der Waals surface area contributed by atoms with Gasteiger partial charge in [0.25, 0.3) is 5.91 Å². The fourth-order valence-electron chi connectivity index (χ4n) is 1.81. The van der Waals surface area contributed by atoms with Crippen molar-refractivity contribution in [1.82, 2.24) is 10.6 Å². The van der Waals surface area contributed by atoms with Gasteiger partial charge in [-0.15, -0.1) is 0 Å². The minimum absolute atomic E-state index is 0.149. The van der Waals surface area contributed by atoms with Crippen molar-refractivity contribution in [2.45, 2.75) is 12.1 Å². The van der Waals surface area contributed by atoms with Gasteiger partial charge in [0.05, 0.1) is 0 Å². The Kier molecular flexibility index (Phi) is 1.39. The Morgan fingerprint density at radius 2 is 2.36 bits per heavy atom. The first-order chi connectivity index (χ1) is 5.23. The second kappa shape index (κ2) is 2.17. The summed E-state index contributed by atoms with van der Waals surface area (Å²) < 4.78 is 13.7. The van der Waals surface area contributed by atoms with Crippen LogP contribution in [-0.4, -0.2) is 31.2 Å². The van der Waals surface area contributed by atoms with E-state index in [2.05, 4.69) is 10.6 Å². The third-order valence-corrected chi connectivity index (χ3v) is 2.59. The maximum absolute atomic E-state index is 13.7. The van der Waals surface area contributed by atoms with Crippen LogP contribution >= 0.6 is 0 Å². The topological polar surface area (TPSA) is 41.1 Å². The summed E-state index contributed by atoms with van der Waals surface area (Å²) in [5.74, 6) is -0.562. The van der Waals surface area contributed by atoms with Crippen LogP contribution in [0.25, 0.3) is 0 Å². The number of nitrogens with one attached hydrogen (secondary N) is 2. The Hall–Kier alpha value is -0.640. The van der Waals surface area contributed by atoms with Crippen molar-refractivity contribution in [3.8, 4) is 0 Å². The molecule has 0 saturated carbocycles. The summed E-state index contributed by atoms with van der Waals surface area (Å²) in [6.45, 7) is 1.72. The number of carbonyl (C=O) groups excluding carboxylic acids is 1. The van der Waals surface area contributed by atoms with Gasteiger partial charge in [0.2, 0.25) is 0 Å². The summed E-state index contributed by atoms with van der Waals surface area (Å²) in [6, 6.07) is 0. The highest BCUT2D eigenvalue weighted by Crippen LogP contribution is 2.32. The van der Waals surface area contributed by atoms with Crippen molar-refractivity contribution in [1.29, 1.82) is 0 Å². The van der Waals surface area contributed by atoms with Crippen molar-refractivity contribution in [2.24, 2.45) is 5.92 Å². The van der Waals surface area contributed by atoms with E-state index in [4.69, 9.17) is 0 Å². The van der Waals surface area contributed by atoms with Gasteiger partial charge >= 0.3 is 0 Å². The number of amides is 1.